The molecule has 2 N–H and O–H groups in total. The molecule has 7 nitrogen and oxygen atoms in total. The molecule has 0 saturated carbocycles. The molecule has 0 atom stereocenters. The van der Waals surface area contributed by atoms with Crippen molar-refractivity contribution in [2.45, 2.75) is 83.7 Å². The normalized spacial score (nSPS) is 12.5. The molecule has 0 aliphatic carbocycles. The second-order valence-electron chi connectivity index (χ2n) is 11.4. The van der Waals surface area contributed by atoms with Gasteiger partial charge in [-0.1, -0.05) is 19.4 Å². The summed E-state index contributed by atoms with van der Waals surface area (Å²) in [6.45, 7) is 18.2. The number of likely N-dealkylation sites (N-methyl/N-ethyl adjacent to an activating group) is 1. The second kappa shape index (κ2) is 16.6. The summed E-state index contributed by atoms with van der Waals surface area (Å²) in [6, 6.07) is 2.38. The average Bonchev–Trinajstić information content (AvgIpc) is 2.69. The first-order valence-corrected chi connectivity index (χ1v) is 19.2. The van der Waals surface area contributed by atoms with E-state index in [-0.39, 0.29) is 11.9 Å². The fourth-order valence-electron chi connectivity index (χ4n) is 4.06. The fourth-order valence-corrected chi connectivity index (χ4v) is 13.1. The third kappa shape index (κ3) is 18.3. The molecule has 200 valence electrons. The molecule has 0 aliphatic heterocycles. The summed E-state index contributed by atoms with van der Waals surface area (Å²) in [5, 5.41) is 6.30. The number of hydrogen-bond donors (Lipinski definition) is 2. The predicted octanol–water partition coefficient (Wildman–Crippen LogP) is 4.29. The second-order valence-corrected chi connectivity index (χ2v) is 20.3. The van der Waals surface area contributed by atoms with E-state index in [1.807, 2.05) is 7.05 Å². The van der Waals surface area contributed by atoms with Gasteiger partial charge in [-0.05, 0) is 84.5 Å². The molecule has 1 amide bonds. The maximum Gasteiger partial charge on any atom is 0.333 e. The topological polar surface area (TPSA) is 76.7 Å². The minimum atomic E-state index is -1.66. The number of carbonyl (C=O) groups excluding carboxylic acids is 2. The Hall–Kier alpha value is -1.01. The molecular formula is C25H54N3O4Si2+. The molecular weight excluding hydrogens is 462 g/mol. The van der Waals surface area contributed by atoms with Crippen LogP contribution in [0.5, 0.6) is 0 Å². The van der Waals surface area contributed by atoms with Gasteiger partial charge in [0.05, 0.1) is 27.2 Å². The van der Waals surface area contributed by atoms with E-state index in [1.165, 1.54) is 18.9 Å². The quantitative estimate of drug-likeness (QED) is 0.0830. The zero-order valence-corrected chi connectivity index (χ0v) is 25.5. The van der Waals surface area contributed by atoms with Crippen LogP contribution in [0.3, 0.4) is 0 Å². The van der Waals surface area contributed by atoms with E-state index in [0.29, 0.717) is 23.2 Å². The number of quaternary nitrogens is 1. The SMILES string of the molecule is C=C(C)C(=O)OCCCC[N+](C)(C)CC(=O)NCCCC[Si](C)(C)O[Si](C)(C)CCCCNC. The third-order valence-electron chi connectivity index (χ3n) is 5.85. The number of hydrogen-bond acceptors (Lipinski definition) is 5. The van der Waals surface area contributed by atoms with Crippen LogP contribution in [0, 0.1) is 0 Å². The minimum Gasteiger partial charge on any atom is -0.462 e. The molecule has 0 heterocycles. The van der Waals surface area contributed by atoms with Crippen LogP contribution in [0.2, 0.25) is 38.3 Å². The van der Waals surface area contributed by atoms with Gasteiger partial charge in [0.15, 0.2) is 23.2 Å². The van der Waals surface area contributed by atoms with Crippen LogP contribution in [-0.2, 0) is 18.4 Å². The highest BCUT2D eigenvalue weighted by Crippen LogP contribution is 2.24. The van der Waals surface area contributed by atoms with E-state index in [2.05, 4.69) is 57.5 Å². The number of nitrogens with one attached hydrogen (secondary N) is 2. The van der Waals surface area contributed by atoms with Gasteiger partial charge in [-0.3, -0.25) is 4.79 Å². The lowest BCUT2D eigenvalue weighted by atomic mass is 10.2. The number of nitrogens with zero attached hydrogens (tertiary/aromatic N) is 1. The van der Waals surface area contributed by atoms with E-state index in [0.717, 1.165) is 51.4 Å². The average molecular weight is 517 g/mol. The van der Waals surface area contributed by atoms with Gasteiger partial charge in [0.2, 0.25) is 0 Å². The van der Waals surface area contributed by atoms with Crippen molar-refractivity contribution in [2.24, 2.45) is 0 Å². The Kier molecular flexibility index (Phi) is 16.1. The van der Waals surface area contributed by atoms with Crippen LogP contribution in [0.4, 0.5) is 0 Å². The maximum atomic E-state index is 12.4. The zero-order chi connectivity index (χ0) is 26.3. The van der Waals surface area contributed by atoms with Crippen molar-refractivity contribution in [2.75, 3.05) is 53.9 Å². The predicted molar refractivity (Wildman–Crippen MR) is 148 cm³/mol. The molecule has 0 aromatic heterocycles. The van der Waals surface area contributed by atoms with Crippen LogP contribution in [0.1, 0.15) is 45.4 Å². The summed E-state index contributed by atoms with van der Waals surface area (Å²) >= 11 is 0. The van der Waals surface area contributed by atoms with Crippen LogP contribution in [0.25, 0.3) is 0 Å². The minimum absolute atomic E-state index is 0.0987. The van der Waals surface area contributed by atoms with Crippen LogP contribution >= 0.6 is 0 Å². The Labute approximate surface area is 211 Å². The van der Waals surface area contributed by atoms with Crippen molar-refractivity contribution in [1.29, 1.82) is 0 Å². The number of unbranched alkanes of at least 4 members (excludes halogenated alkanes) is 3. The van der Waals surface area contributed by atoms with Crippen molar-refractivity contribution in [3.63, 3.8) is 0 Å². The van der Waals surface area contributed by atoms with E-state index in [1.54, 1.807) is 6.92 Å². The Balaban J connectivity index is 4.04. The smallest absolute Gasteiger partial charge is 0.333 e. The molecule has 0 aromatic rings. The Morgan fingerprint density at radius 1 is 0.882 bits per heavy atom. The number of rotatable bonds is 20. The highest BCUT2D eigenvalue weighted by molar-refractivity contribution is 6.84. The monoisotopic (exact) mass is 516 g/mol. The first kappa shape index (κ1) is 33.0. The molecule has 0 aliphatic rings. The van der Waals surface area contributed by atoms with Gasteiger partial charge < -0.3 is 24.0 Å². The Morgan fingerprint density at radius 2 is 1.44 bits per heavy atom. The van der Waals surface area contributed by atoms with Gasteiger partial charge in [0.25, 0.3) is 5.91 Å². The summed E-state index contributed by atoms with van der Waals surface area (Å²) in [7, 11) is 2.88. The van der Waals surface area contributed by atoms with Crippen LogP contribution in [-0.4, -0.2) is 86.9 Å². The van der Waals surface area contributed by atoms with E-state index in [9.17, 15) is 9.59 Å². The maximum absolute atomic E-state index is 12.4. The number of amides is 1. The highest BCUT2D eigenvalue weighted by Gasteiger charge is 2.32. The van der Waals surface area contributed by atoms with E-state index >= 15 is 0 Å². The van der Waals surface area contributed by atoms with Crippen molar-refractivity contribution < 1.29 is 22.9 Å². The molecule has 0 spiro atoms. The molecule has 0 radical (unpaired) electrons. The fraction of sp³-hybridized carbons (Fsp3) is 0.840. The largest absolute Gasteiger partial charge is 0.462 e. The number of esters is 1. The molecule has 0 unspecified atom stereocenters. The van der Waals surface area contributed by atoms with Crippen molar-refractivity contribution in [1.82, 2.24) is 10.6 Å². The molecule has 34 heavy (non-hydrogen) atoms. The van der Waals surface area contributed by atoms with Gasteiger partial charge >= 0.3 is 5.97 Å². The van der Waals surface area contributed by atoms with E-state index in [4.69, 9.17) is 8.85 Å². The van der Waals surface area contributed by atoms with Gasteiger partial charge in [0.1, 0.15) is 0 Å². The van der Waals surface area contributed by atoms with Gasteiger partial charge in [-0.15, -0.1) is 0 Å². The summed E-state index contributed by atoms with van der Waals surface area (Å²) < 4.78 is 12.5. The first-order valence-electron chi connectivity index (χ1n) is 13.0. The molecule has 0 bridgehead atoms. The lowest BCUT2D eigenvalue weighted by Crippen LogP contribution is -2.48. The van der Waals surface area contributed by atoms with Crippen LogP contribution < -0.4 is 10.6 Å². The number of carbonyl (C=O) groups is 2. The summed E-state index contributed by atoms with van der Waals surface area (Å²) in [6.07, 6.45) is 6.26. The molecule has 0 rings (SSSR count). The van der Waals surface area contributed by atoms with Crippen molar-refractivity contribution >= 4 is 28.5 Å². The number of ether oxygens (including phenoxy) is 1. The molecule has 0 saturated heterocycles. The van der Waals surface area contributed by atoms with E-state index < -0.39 is 16.6 Å². The lowest BCUT2D eigenvalue weighted by molar-refractivity contribution is -0.882. The highest BCUT2D eigenvalue weighted by atomic mass is 28.4. The summed E-state index contributed by atoms with van der Waals surface area (Å²) in [4.78, 5) is 23.8. The van der Waals surface area contributed by atoms with Crippen LogP contribution in [0.15, 0.2) is 12.2 Å². The molecule has 0 fully saturated rings. The van der Waals surface area contributed by atoms with Gasteiger partial charge in [-0.2, -0.15) is 0 Å². The Morgan fingerprint density at radius 3 is 1.97 bits per heavy atom. The summed E-state index contributed by atoms with van der Waals surface area (Å²) in [5.41, 5.74) is 0.424. The zero-order valence-electron chi connectivity index (χ0n) is 23.5. The third-order valence-corrected chi connectivity index (χ3v) is 13.4. The van der Waals surface area contributed by atoms with Gasteiger partial charge in [0, 0.05) is 12.1 Å². The summed E-state index contributed by atoms with van der Waals surface area (Å²) in [5.74, 6) is -0.238. The standard InChI is InChI=1S/C25H53N3O4Si2/c1-23(2)25(30)31-19-13-12-18-28(4,5)22-24(29)27-17-11-15-21-34(8,9)32-33(6,7)20-14-10-16-26-3/h26H,1,10-22H2,2-9H3/p+1. The molecule has 9 heteroatoms. The van der Waals surface area contributed by atoms with Crippen molar-refractivity contribution in [3.8, 4) is 0 Å². The first-order chi connectivity index (χ1) is 15.7. The Bertz CT molecular complexity index is 625. The lowest BCUT2D eigenvalue weighted by Gasteiger charge is -2.34. The van der Waals surface area contributed by atoms with Crippen molar-refractivity contribution in [3.05, 3.63) is 12.2 Å². The molecule has 0 aromatic carbocycles. The van der Waals surface area contributed by atoms with Gasteiger partial charge in [-0.25, -0.2) is 4.79 Å².